The fourth-order valence-electron chi connectivity index (χ4n) is 3.38. The molecule has 1 spiro atoms. The molecule has 4 rings (SSSR count). The van der Waals surface area contributed by atoms with E-state index in [-0.39, 0.29) is 35.8 Å². The van der Waals surface area contributed by atoms with E-state index in [0.717, 1.165) is 0 Å². The summed E-state index contributed by atoms with van der Waals surface area (Å²) in [6, 6.07) is 8.97. The first-order chi connectivity index (χ1) is 11.0. The van der Waals surface area contributed by atoms with Crippen LogP contribution >= 0.6 is 0 Å². The van der Waals surface area contributed by atoms with Gasteiger partial charge in [0.25, 0.3) is 0 Å². The summed E-state index contributed by atoms with van der Waals surface area (Å²) in [4.78, 5) is 24.2. The zero-order valence-electron chi connectivity index (χ0n) is 11.9. The minimum absolute atomic E-state index is 0.0162. The number of aromatic hydroxyl groups is 2. The van der Waals surface area contributed by atoms with Crippen molar-refractivity contribution in [2.24, 2.45) is 0 Å². The van der Waals surface area contributed by atoms with Crippen molar-refractivity contribution >= 4 is 11.9 Å². The quantitative estimate of drug-likeness (QED) is 0.571. The Balaban J connectivity index is 2.02. The number of phenols is 2. The van der Waals surface area contributed by atoms with Gasteiger partial charge in [-0.2, -0.15) is 0 Å². The van der Waals surface area contributed by atoms with Gasteiger partial charge in [0.1, 0.15) is 23.0 Å². The van der Waals surface area contributed by atoms with Crippen molar-refractivity contribution in [3.05, 3.63) is 47.5 Å². The summed E-state index contributed by atoms with van der Waals surface area (Å²) in [6.45, 7) is 0. The Morgan fingerprint density at radius 2 is 1.22 bits per heavy atom. The molecule has 2 aliphatic heterocycles. The molecule has 0 saturated heterocycles. The van der Waals surface area contributed by atoms with Gasteiger partial charge in [-0.3, -0.25) is 9.59 Å². The maximum absolute atomic E-state index is 12.1. The van der Waals surface area contributed by atoms with Crippen LogP contribution in [0.5, 0.6) is 23.0 Å². The van der Waals surface area contributed by atoms with Gasteiger partial charge in [0.15, 0.2) is 0 Å². The molecule has 6 nitrogen and oxygen atoms in total. The normalized spacial score (nSPS) is 17.9. The van der Waals surface area contributed by atoms with Crippen LogP contribution in [-0.2, 0) is 15.0 Å². The maximum Gasteiger partial charge on any atom is 0.312 e. The molecule has 116 valence electrons. The second kappa shape index (κ2) is 4.49. The molecular weight excluding hydrogens is 300 g/mol. The van der Waals surface area contributed by atoms with E-state index in [1.54, 1.807) is 12.1 Å². The molecule has 0 bridgehead atoms. The van der Waals surface area contributed by atoms with Crippen LogP contribution < -0.4 is 9.47 Å². The number of phenolic OH excluding ortho intramolecular Hbond substituents is 2. The highest BCUT2D eigenvalue weighted by atomic mass is 16.5. The number of carbonyl (C=O) groups is 2. The molecule has 0 unspecified atom stereocenters. The Morgan fingerprint density at radius 3 is 1.65 bits per heavy atom. The van der Waals surface area contributed by atoms with Gasteiger partial charge in [-0.15, -0.1) is 0 Å². The zero-order valence-corrected chi connectivity index (χ0v) is 11.9. The summed E-state index contributed by atoms with van der Waals surface area (Å²) >= 11 is 0. The highest BCUT2D eigenvalue weighted by Crippen LogP contribution is 2.52. The Kier molecular flexibility index (Phi) is 2.66. The number of esters is 2. The molecule has 0 aromatic heterocycles. The largest absolute Gasteiger partial charge is 0.508 e. The van der Waals surface area contributed by atoms with Crippen molar-refractivity contribution in [3.8, 4) is 23.0 Å². The first kappa shape index (κ1) is 13.6. The second-order valence-corrected chi connectivity index (χ2v) is 5.74. The van der Waals surface area contributed by atoms with E-state index in [0.29, 0.717) is 11.1 Å². The third-order valence-corrected chi connectivity index (χ3v) is 4.30. The summed E-state index contributed by atoms with van der Waals surface area (Å²) in [7, 11) is 0. The molecule has 0 radical (unpaired) electrons. The average Bonchev–Trinajstić information content (AvgIpc) is 2.45. The fraction of sp³-hybridized carbons (Fsp3) is 0.176. The molecule has 0 atom stereocenters. The Morgan fingerprint density at radius 1 is 0.783 bits per heavy atom. The van der Waals surface area contributed by atoms with E-state index in [4.69, 9.17) is 9.47 Å². The van der Waals surface area contributed by atoms with E-state index in [1.165, 1.54) is 24.3 Å². The first-order valence-corrected chi connectivity index (χ1v) is 7.06. The Labute approximate surface area is 130 Å². The van der Waals surface area contributed by atoms with Crippen LogP contribution in [0.2, 0.25) is 0 Å². The molecular formula is C17H12O6. The lowest BCUT2D eigenvalue weighted by atomic mass is 9.67. The molecule has 2 heterocycles. The Bertz CT molecular complexity index is 783. The summed E-state index contributed by atoms with van der Waals surface area (Å²) < 4.78 is 10.4. The van der Waals surface area contributed by atoms with Crippen LogP contribution in [0.15, 0.2) is 36.4 Å². The topological polar surface area (TPSA) is 93.1 Å². The summed E-state index contributed by atoms with van der Waals surface area (Å²) in [5.74, 6) is -0.575. The van der Waals surface area contributed by atoms with Gasteiger partial charge in [0.2, 0.25) is 0 Å². The molecule has 0 fully saturated rings. The van der Waals surface area contributed by atoms with Crippen LogP contribution in [0.1, 0.15) is 24.0 Å². The average molecular weight is 312 g/mol. The fourth-order valence-corrected chi connectivity index (χ4v) is 3.38. The highest BCUT2D eigenvalue weighted by Gasteiger charge is 2.49. The van der Waals surface area contributed by atoms with E-state index in [2.05, 4.69) is 0 Å². The first-order valence-electron chi connectivity index (χ1n) is 7.06. The number of carbonyl (C=O) groups excluding carboxylic acids is 2. The molecule has 23 heavy (non-hydrogen) atoms. The van der Waals surface area contributed by atoms with Crippen LogP contribution in [0.3, 0.4) is 0 Å². The molecule has 0 aliphatic carbocycles. The number of benzene rings is 2. The zero-order chi connectivity index (χ0) is 16.2. The van der Waals surface area contributed by atoms with Gasteiger partial charge in [-0.1, -0.05) is 12.1 Å². The molecule has 6 heteroatoms. The van der Waals surface area contributed by atoms with Gasteiger partial charge >= 0.3 is 11.9 Å². The molecule has 0 amide bonds. The van der Waals surface area contributed by atoms with Gasteiger partial charge in [0.05, 0.1) is 12.8 Å². The minimum Gasteiger partial charge on any atom is -0.508 e. The maximum atomic E-state index is 12.1. The van der Waals surface area contributed by atoms with Gasteiger partial charge in [-0.25, -0.2) is 0 Å². The second-order valence-electron chi connectivity index (χ2n) is 5.74. The van der Waals surface area contributed by atoms with Crippen LogP contribution in [0.4, 0.5) is 0 Å². The van der Waals surface area contributed by atoms with Crippen molar-refractivity contribution in [1.29, 1.82) is 0 Å². The number of fused-ring (bicyclic) bond motifs is 4. The van der Waals surface area contributed by atoms with Crippen molar-refractivity contribution in [3.63, 3.8) is 0 Å². The Hall–Kier alpha value is -3.02. The highest BCUT2D eigenvalue weighted by molar-refractivity contribution is 5.86. The standard InChI is InChI=1S/C17H12O6/c18-9-1-3-11-13(5-9)22-15(20)7-17(11)8-16(21)23-14-6-10(19)2-4-12(14)17/h1-6,18-19H,7-8H2. The third-order valence-electron chi connectivity index (χ3n) is 4.30. The summed E-state index contributed by atoms with van der Waals surface area (Å²) in [5.41, 5.74) is 0.355. The number of rotatable bonds is 0. The van der Waals surface area contributed by atoms with Crippen molar-refractivity contribution < 1.29 is 29.3 Å². The van der Waals surface area contributed by atoms with E-state index in [9.17, 15) is 19.8 Å². The number of hydrogen-bond acceptors (Lipinski definition) is 6. The summed E-state index contributed by atoms with van der Waals surface area (Å²) in [6.07, 6.45) is -0.0324. The summed E-state index contributed by atoms with van der Waals surface area (Å²) in [5, 5.41) is 19.3. The lowest BCUT2D eigenvalue weighted by Gasteiger charge is -2.40. The smallest absolute Gasteiger partial charge is 0.312 e. The SMILES string of the molecule is O=C1CC2(CC(=O)Oc3cc(O)ccc32)c2ccc(O)cc2O1. The monoisotopic (exact) mass is 312 g/mol. The van der Waals surface area contributed by atoms with Gasteiger partial charge < -0.3 is 19.7 Å². The van der Waals surface area contributed by atoms with Crippen molar-refractivity contribution in [1.82, 2.24) is 0 Å². The molecule has 0 saturated carbocycles. The van der Waals surface area contributed by atoms with Gasteiger partial charge in [-0.05, 0) is 12.1 Å². The predicted octanol–water partition coefficient (Wildman–Crippen LogP) is 2.00. The van der Waals surface area contributed by atoms with E-state index >= 15 is 0 Å². The number of hydrogen-bond donors (Lipinski definition) is 2. The molecule has 2 aromatic rings. The molecule has 2 aliphatic rings. The predicted molar refractivity (Wildman–Crippen MR) is 77.5 cm³/mol. The van der Waals surface area contributed by atoms with Crippen LogP contribution in [0.25, 0.3) is 0 Å². The molecule has 2 aromatic carbocycles. The van der Waals surface area contributed by atoms with E-state index < -0.39 is 17.4 Å². The lowest BCUT2D eigenvalue weighted by Crippen LogP contribution is -2.42. The van der Waals surface area contributed by atoms with Crippen molar-refractivity contribution in [2.75, 3.05) is 0 Å². The van der Waals surface area contributed by atoms with E-state index in [1.807, 2.05) is 0 Å². The van der Waals surface area contributed by atoms with Crippen LogP contribution in [-0.4, -0.2) is 22.2 Å². The van der Waals surface area contributed by atoms with Gasteiger partial charge in [0, 0.05) is 28.7 Å². The third kappa shape index (κ3) is 1.95. The number of ether oxygens (including phenoxy) is 2. The van der Waals surface area contributed by atoms with Crippen molar-refractivity contribution in [2.45, 2.75) is 18.3 Å². The molecule has 2 N–H and O–H groups in total. The lowest BCUT2D eigenvalue weighted by molar-refractivity contribution is -0.140. The van der Waals surface area contributed by atoms with Crippen LogP contribution in [0, 0.1) is 0 Å². The minimum atomic E-state index is -0.920.